The Labute approximate surface area is 62.9 Å². The largest absolute Gasteiger partial charge is 0.364 e. The molecule has 0 aliphatic rings. The molecule has 54 valence electrons. The van der Waals surface area contributed by atoms with E-state index in [0.29, 0.717) is 0 Å². The fourth-order valence-electron chi connectivity index (χ4n) is 0.780. The molecule has 0 bridgehead atoms. The number of hydrogen-bond donors (Lipinski definition) is 0. The van der Waals surface area contributed by atoms with Gasteiger partial charge in [0.2, 0.25) is 0 Å². The highest BCUT2D eigenvalue weighted by Crippen LogP contribution is 2.12. The van der Waals surface area contributed by atoms with Crippen molar-refractivity contribution >= 4 is 0 Å². The predicted octanol–water partition coefficient (Wildman–Crippen LogP) is 1.13. The van der Waals surface area contributed by atoms with Crippen LogP contribution in [0.2, 0.25) is 0 Å². The molecule has 0 spiro atoms. The van der Waals surface area contributed by atoms with Gasteiger partial charge in [-0.05, 0) is 0 Å². The Morgan fingerprint density at radius 1 is 1.18 bits per heavy atom. The number of aromatic nitrogens is 3. The third-order valence-corrected chi connectivity index (χ3v) is 1.29. The molecule has 4 heteroatoms. The minimum Gasteiger partial charge on any atom is -0.364 e. The first-order valence-corrected chi connectivity index (χ1v) is 3.12. The van der Waals surface area contributed by atoms with Crippen LogP contribution in [0.4, 0.5) is 0 Å². The number of nitrogens with zero attached hydrogens (tertiary/aromatic N) is 3. The average Bonchev–Trinajstić information content (AvgIpc) is 2.58. The van der Waals surface area contributed by atoms with Crippen molar-refractivity contribution in [2.75, 3.05) is 0 Å². The van der Waals surface area contributed by atoms with E-state index in [4.69, 9.17) is 0 Å². The molecule has 0 fully saturated rings. The summed E-state index contributed by atoms with van der Waals surface area (Å²) in [5.41, 5.74) is 1.62. The first-order valence-electron chi connectivity index (χ1n) is 3.12. The van der Waals surface area contributed by atoms with Gasteiger partial charge >= 0.3 is 0 Å². The summed E-state index contributed by atoms with van der Waals surface area (Å²) in [4.78, 5) is 7.97. The molecule has 4 nitrogen and oxygen atoms in total. The Morgan fingerprint density at radius 2 is 2.18 bits per heavy atom. The lowest BCUT2D eigenvalue weighted by atomic mass is 10.3. The molecule has 0 aliphatic heterocycles. The van der Waals surface area contributed by atoms with Crippen LogP contribution >= 0.6 is 0 Å². The normalized spacial score (nSPS) is 9.82. The smallest absolute Gasteiger partial charge is 0.133 e. The maximum atomic E-state index is 4.65. The number of hydrogen-bond acceptors (Lipinski definition) is 4. The van der Waals surface area contributed by atoms with E-state index >= 15 is 0 Å². The molecule has 0 saturated carbocycles. The van der Waals surface area contributed by atoms with Gasteiger partial charge < -0.3 is 4.52 Å². The maximum absolute atomic E-state index is 4.65. The highest BCUT2D eigenvalue weighted by molar-refractivity contribution is 5.54. The third kappa shape index (κ3) is 1.10. The van der Waals surface area contributed by atoms with E-state index in [9.17, 15) is 0 Å². The van der Waals surface area contributed by atoms with Crippen molar-refractivity contribution < 1.29 is 4.52 Å². The molecule has 2 heterocycles. The van der Waals surface area contributed by atoms with Crippen molar-refractivity contribution in [2.24, 2.45) is 0 Å². The standard InChI is InChI=1S/C7H5N3O/c1-2-9-7(4-8-1)6-3-10-11-5-6/h1-5H. The van der Waals surface area contributed by atoms with Crippen molar-refractivity contribution in [3.63, 3.8) is 0 Å². The quantitative estimate of drug-likeness (QED) is 0.606. The Kier molecular flexibility index (Phi) is 1.37. The van der Waals surface area contributed by atoms with Crippen molar-refractivity contribution in [2.45, 2.75) is 0 Å². The zero-order valence-corrected chi connectivity index (χ0v) is 5.64. The molecule has 0 aromatic carbocycles. The predicted molar refractivity (Wildman–Crippen MR) is 37.5 cm³/mol. The second-order valence-electron chi connectivity index (χ2n) is 2.00. The summed E-state index contributed by atoms with van der Waals surface area (Å²) >= 11 is 0. The van der Waals surface area contributed by atoms with Crippen LogP contribution < -0.4 is 0 Å². The zero-order chi connectivity index (χ0) is 7.52. The van der Waals surface area contributed by atoms with Crippen LogP contribution in [0, 0.1) is 0 Å². The van der Waals surface area contributed by atoms with Gasteiger partial charge in [-0.2, -0.15) is 0 Å². The third-order valence-electron chi connectivity index (χ3n) is 1.29. The topological polar surface area (TPSA) is 51.8 Å². The summed E-state index contributed by atoms with van der Waals surface area (Å²) in [6.07, 6.45) is 8.04. The second-order valence-corrected chi connectivity index (χ2v) is 2.00. The highest BCUT2D eigenvalue weighted by Gasteiger charge is 1.98. The molecule has 2 aromatic heterocycles. The summed E-state index contributed by atoms with van der Waals surface area (Å²) < 4.78 is 4.65. The van der Waals surface area contributed by atoms with E-state index in [0.717, 1.165) is 11.3 Å². The van der Waals surface area contributed by atoms with Crippen molar-refractivity contribution in [1.82, 2.24) is 15.1 Å². The molecule has 0 unspecified atom stereocenters. The summed E-state index contributed by atoms with van der Waals surface area (Å²) in [5.74, 6) is 0. The first kappa shape index (κ1) is 6.03. The van der Waals surface area contributed by atoms with Gasteiger partial charge in [0.05, 0.1) is 23.7 Å². The molecule has 0 atom stereocenters. The van der Waals surface area contributed by atoms with E-state index in [1.165, 1.54) is 6.26 Å². The monoisotopic (exact) mass is 147 g/mol. The Morgan fingerprint density at radius 3 is 2.82 bits per heavy atom. The van der Waals surface area contributed by atoms with E-state index in [1.807, 2.05) is 0 Å². The van der Waals surface area contributed by atoms with Crippen LogP contribution in [0.15, 0.2) is 35.6 Å². The fourth-order valence-corrected chi connectivity index (χ4v) is 0.780. The van der Waals surface area contributed by atoms with E-state index in [1.54, 1.807) is 24.8 Å². The van der Waals surface area contributed by atoms with E-state index in [-0.39, 0.29) is 0 Å². The van der Waals surface area contributed by atoms with Crippen LogP contribution in [-0.2, 0) is 0 Å². The number of rotatable bonds is 1. The molecule has 2 rings (SSSR count). The molecule has 0 aliphatic carbocycles. The van der Waals surface area contributed by atoms with Gasteiger partial charge in [0, 0.05) is 12.4 Å². The van der Waals surface area contributed by atoms with Crippen LogP contribution in [0.25, 0.3) is 11.3 Å². The Hall–Kier alpha value is -1.71. The molecule has 0 N–H and O–H groups in total. The van der Waals surface area contributed by atoms with Gasteiger partial charge in [-0.25, -0.2) is 0 Å². The summed E-state index contributed by atoms with van der Waals surface area (Å²) in [7, 11) is 0. The summed E-state index contributed by atoms with van der Waals surface area (Å²) in [5, 5.41) is 3.56. The Balaban J connectivity index is 2.46. The zero-order valence-electron chi connectivity index (χ0n) is 5.64. The average molecular weight is 147 g/mol. The van der Waals surface area contributed by atoms with Gasteiger partial charge in [0.15, 0.2) is 0 Å². The van der Waals surface area contributed by atoms with E-state index in [2.05, 4.69) is 19.6 Å². The second kappa shape index (κ2) is 2.49. The lowest BCUT2D eigenvalue weighted by Crippen LogP contribution is -1.80. The van der Waals surface area contributed by atoms with Crippen LogP contribution in [0.3, 0.4) is 0 Å². The molecular weight excluding hydrogens is 142 g/mol. The van der Waals surface area contributed by atoms with Crippen LogP contribution in [0.5, 0.6) is 0 Å². The van der Waals surface area contributed by atoms with E-state index < -0.39 is 0 Å². The van der Waals surface area contributed by atoms with Gasteiger partial charge in [-0.15, -0.1) is 0 Å². The minimum atomic E-state index is 0.772. The van der Waals surface area contributed by atoms with Gasteiger partial charge in [0.1, 0.15) is 6.26 Å². The van der Waals surface area contributed by atoms with Crippen molar-refractivity contribution in [3.05, 3.63) is 31.1 Å². The lowest BCUT2D eigenvalue weighted by Gasteiger charge is -1.89. The minimum absolute atomic E-state index is 0.772. The SMILES string of the molecule is c1cnc(-c2cnoc2)cn1. The molecule has 0 radical (unpaired) electrons. The molecular formula is C7H5N3O. The first-order chi connectivity index (χ1) is 5.47. The molecule has 11 heavy (non-hydrogen) atoms. The lowest BCUT2D eigenvalue weighted by molar-refractivity contribution is 0.420. The van der Waals surface area contributed by atoms with Gasteiger partial charge in [-0.1, -0.05) is 5.16 Å². The summed E-state index contributed by atoms with van der Waals surface area (Å²) in [6.45, 7) is 0. The Bertz CT molecular complexity index is 317. The van der Waals surface area contributed by atoms with Crippen molar-refractivity contribution in [3.8, 4) is 11.3 Å². The van der Waals surface area contributed by atoms with Crippen LogP contribution in [-0.4, -0.2) is 15.1 Å². The van der Waals surface area contributed by atoms with Gasteiger partial charge in [-0.3, -0.25) is 9.97 Å². The fraction of sp³-hybridized carbons (Fsp3) is 0. The summed E-state index contributed by atoms with van der Waals surface area (Å²) in [6, 6.07) is 0. The maximum Gasteiger partial charge on any atom is 0.133 e. The van der Waals surface area contributed by atoms with Gasteiger partial charge in [0.25, 0.3) is 0 Å². The van der Waals surface area contributed by atoms with Crippen LogP contribution in [0.1, 0.15) is 0 Å². The molecule has 0 amide bonds. The molecule has 0 saturated heterocycles. The highest BCUT2D eigenvalue weighted by atomic mass is 16.5. The molecule has 2 aromatic rings. The van der Waals surface area contributed by atoms with Crippen molar-refractivity contribution in [1.29, 1.82) is 0 Å².